The molecule has 1 rings (SSSR count). The molecule has 0 atom stereocenters. The van der Waals surface area contributed by atoms with E-state index in [4.69, 9.17) is 5.84 Å². The van der Waals surface area contributed by atoms with Crippen LogP contribution in [0.25, 0.3) is 0 Å². The number of nitrogens with two attached hydrogens (primary N) is 1. The highest BCUT2D eigenvalue weighted by molar-refractivity contribution is 4.98. The van der Waals surface area contributed by atoms with E-state index in [1.165, 1.54) is 0 Å². The van der Waals surface area contributed by atoms with Crippen molar-refractivity contribution < 1.29 is 0 Å². The van der Waals surface area contributed by atoms with E-state index >= 15 is 0 Å². The summed E-state index contributed by atoms with van der Waals surface area (Å²) in [5, 5.41) is 0. The quantitative estimate of drug-likeness (QED) is 0.376. The first-order chi connectivity index (χ1) is 4.33. The van der Waals surface area contributed by atoms with Crippen LogP contribution in [0.1, 0.15) is 11.5 Å². The van der Waals surface area contributed by atoms with Crippen LogP contribution in [-0.2, 0) is 6.54 Å². The fourth-order valence-electron chi connectivity index (χ4n) is 0.671. The molecule has 0 saturated carbocycles. The lowest BCUT2D eigenvalue weighted by Crippen LogP contribution is -2.20. The average molecular weight is 126 g/mol. The third-order valence-corrected chi connectivity index (χ3v) is 1.05. The molecule has 9 heavy (non-hydrogen) atoms. The summed E-state index contributed by atoms with van der Waals surface area (Å²) in [6.45, 7) is 2.54. The Labute approximate surface area is 53.4 Å². The Hall–Kier alpha value is -0.870. The fraction of sp³-hybridized carbons (Fsp3) is 0.400. The molecule has 0 saturated heterocycles. The Morgan fingerprint density at radius 2 is 2.67 bits per heavy atom. The molecule has 50 valence electrons. The second-order valence-electron chi connectivity index (χ2n) is 1.87. The van der Waals surface area contributed by atoms with Gasteiger partial charge in [0.2, 0.25) is 0 Å². The number of H-pyrrole nitrogens is 1. The van der Waals surface area contributed by atoms with Crippen LogP contribution in [0, 0.1) is 6.92 Å². The van der Waals surface area contributed by atoms with Gasteiger partial charge in [-0.25, -0.2) is 4.98 Å². The number of nitrogens with zero attached hydrogens (tertiary/aromatic N) is 1. The second kappa shape index (κ2) is 2.61. The molecule has 0 fully saturated rings. The molecule has 0 aromatic carbocycles. The zero-order valence-corrected chi connectivity index (χ0v) is 5.31. The maximum Gasteiger partial charge on any atom is 0.103 e. The van der Waals surface area contributed by atoms with Crippen LogP contribution < -0.4 is 11.3 Å². The highest BCUT2D eigenvalue weighted by Gasteiger charge is 1.91. The minimum atomic E-state index is 0.640. The molecule has 1 aromatic heterocycles. The number of hydrogen-bond acceptors (Lipinski definition) is 3. The number of hydrazine groups is 1. The number of rotatable bonds is 2. The van der Waals surface area contributed by atoms with Crippen LogP contribution in [0.2, 0.25) is 0 Å². The van der Waals surface area contributed by atoms with E-state index < -0.39 is 0 Å². The predicted octanol–water partition coefficient (Wildman–Crippen LogP) is -0.319. The maximum atomic E-state index is 5.07. The van der Waals surface area contributed by atoms with Gasteiger partial charge >= 0.3 is 0 Å². The van der Waals surface area contributed by atoms with Gasteiger partial charge in [-0.05, 0) is 6.92 Å². The Morgan fingerprint density at radius 1 is 1.89 bits per heavy atom. The Kier molecular flexibility index (Phi) is 1.81. The van der Waals surface area contributed by atoms with E-state index in [-0.39, 0.29) is 0 Å². The molecular weight excluding hydrogens is 116 g/mol. The third-order valence-electron chi connectivity index (χ3n) is 1.05. The normalized spacial score (nSPS) is 10.0. The zero-order chi connectivity index (χ0) is 6.69. The van der Waals surface area contributed by atoms with E-state index in [9.17, 15) is 0 Å². The molecule has 0 aliphatic carbocycles. The summed E-state index contributed by atoms with van der Waals surface area (Å²) in [7, 11) is 0. The van der Waals surface area contributed by atoms with Gasteiger partial charge in [-0.1, -0.05) is 0 Å². The molecule has 4 heteroatoms. The molecule has 1 heterocycles. The Bertz CT molecular complexity index is 181. The summed E-state index contributed by atoms with van der Waals surface area (Å²) < 4.78 is 0. The molecule has 4 nitrogen and oxygen atoms in total. The van der Waals surface area contributed by atoms with E-state index in [0.29, 0.717) is 6.54 Å². The van der Waals surface area contributed by atoms with Gasteiger partial charge in [0.15, 0.2) is 0 Å². The smallest absolute Gasteiger partial charge is 0.103 e. The monoisotopic (exact) mass is 126 g/mol. The topological polar surface area (TPSA) is 66.7 Å². The van der Waals surface area contributed by atoms with Crippen molar-refractivity contribution in [2.75, 3.05) is 0 Å². The number of imidazole rings is 1. The molecule has 0 amide bonds. The highest BCUT2D eigenvalue weighted by atomic mass is 15.2. The fourth-order valence-corrected chi connectivity index (χ4v) is 0.671. The molecule has 1 aromatic rings. The number of nitrogens with one attached hydrogen (secondary N) is 2. The Balaban J connectivity index is 2.61. The minimum Gasteiger partial charge on any atom is -0.345 e. The van der Waals surface area contributed by atoms with Crippen LogP contribution >= 0.6 is 0 Å². The van der Waals surface area contributed by atoms with Crippen molar-refractivity contribution in [2.24, 2.45) is 5.84 Å². The summed E-state index contributed by atoms with van der Waals surface area (Å²) in [5.41, 5.74) is 3.54. The lowest BCUT2D eigenvalue weighted by atomic mass is 10.5. The van der Waals surface area contributed by atoms with Gasteiger partial charge in [-0.2, -0.15) is 0 Å². The summed E-state index contributed by atoms with van der Waals surface area (Å²) in [4.78, 5) is 7.01. The van der Waals surface area contributed by atoms with Crippen molar-refractivity contribution in [2.45, 2.75) is 13.5 Å². The van der Waals surface area contributed by atoms with Crippen LogP contribution in [0.4, 0.5) is 0 Å². The van der Waals surface area contributed by atoms with Crippen molar-refractivity contribution in [3.8, 4) is 0 Å². The van der Waals surface area contributed by atoms with Gasteiger partial charge in [0.1, 0.15) is 5.82 Å². The number of aryl methyl sites for hydroxylation is 1. The molecule has 0 unspecified atom stereocenters. The van der Waals surface area contributed by atoms with Gasteiger partial charge in [0, 0.05) is 6.20 Å². The molecule has 4 N–H and O–H groups in total. The van der Waals surface area contributed by atoms with Gasteiger partial charge < -0.3 is 4.98 Å². The number of aromatic amines is 1. The van der Waals surface area contributed by atoms with E-state index in [1.807, 2.05) is 6.92 Å². The van der Waals surface area contributed by atoms with Gasteiger partial charge in [0.05, 0.1) is 12.2 Å². The average Bonchev–Trinajstić information content (AvgIpc) is 2.17. The van der Waals surface area contributed by atoms with E-state index in [2.05, 4.69) is 15.4 Å². The standard InChI is InChI=1S/C5H10N4/c1-4-7-2-5(9-4)3-8-6/h2,8H,3,6H2,1H3,(H,7,9). The van der Waals surface area contributed by atoms with Crippen molar-refractivity contribution in [3.05, 3.63) is 17.7 Å². The minimum absolute atomic E-state index is 0.640. The van der Waals surface area contributed by atoms with Crippen LogP contribution in [0.15, 0.2) is 6.20 Å². The van der Waals surface area contributed by atoms with Crippen molar-refractivity contribution in [1.29, 1.82) is 0 Å². The van der Waals surface area contributed by atoms with E-state index in [1.54, 1.807) is 6.20 Å². The third kappa shape index (κ3) is 1.51. The van der Waals surface area contributed by atoms with Gasteiger partial charge in [-0.15, -0.1) is 0 Å². The summed E-state index contributed by atoms with van der Waals surface area (Å²) in [6.07, 6.45) is 1.76. The largest absolute Gasteiger partial charge is 0.345 e. The first-order valence-electron chi connectivity index (χ1n) is 2.77. The number of hydrogen-bond donors (Lipinski definition) is 3. The van der Waals surface area contributed by atoms with E-state index in [0.717, 1.165) is 11.5 Å². The van der Waals surface area contributed by atoms with Crippen molar-refractivity contribution in [1.82, 2.24) is 15.4 Å². The zero-order valence-electron chi connectivity index (χ0n) is 5.31. The second-order valence-corrected chi connectivity index (χ2v) is 1.87. The molecular formula is C5H10N4. The molecule has 0 aliphatic rings. The van der Waals surface area contributed by atoms with Crippen LogP contribution in [-0.4, -0.2) is 9.97 Å². The first-order valence-corrected chi connectivity index (χ1v) is 2.77. The molecule has 0 bridgehead atoms. The predicted molar refractivity (Wildman–Crippen MR) is 34.4 cm³/mol. The summed E-state index contributed by atoms with van der Waals surface area (Å²) >= 11 is 0. The van der Waals surface area contributed by atoms with Gasteiger partial charge in [-0.3, -0.25) is 11.3 Å². The lowest BCUT2D eigenvalue weighted by molar-refractivity contribution is 0.725. The first kappa shape index (κ1) is 6.25. The summed E-state index contributed by atoms with van der Waals surface area (Å²) in [5.74, 6) is 5.99. The lowest BCUT2D eigenvalue weighted by Gasteiger charge is -1.90. The van der Waals surface area contributed by atoms with Crippen molar-refractivity contribution >= 4 is 0 Å². The van der Waals surface area contributed by atoms with Gasteiger partial charge in [0.25, 0.3) is 0 Å². The van der Waals surface area contributed by atoms with Crippen LogP contribution in [0.3, 0.4) is 0 Å². The van der Waals surface area contributed by atoms with Crippen molar-refractivity contribution in [3.63, 3.8) is 0 Å². The van der Waals surface area contributed by atoms with Crippen LogP contribution in [0.5, 0.6) is 0 Å². The number of aromatic nitrogens is 2. The maximum absolute atomic E-state index is 5.07. The molecule has 0 aliphatic heterocycles. The molecule has 0 spiro atoms. The molecule has 0 radical (unpaired) electrons. The summed E-state index contributed by atoms with van der Waals surface area (Å²) in [6, 6.07) is 0. The SMILES string of the molecule is Cc1ncc(CNN)[nH]1. The highest BCUT2D eigenvalue weighted by Crippen LogP contribution is 1.92. The Morgan fingerprint density at radius 3 is 3.11 bits per heavy atom.